The summed E-state index contributed by atoms with van der Waals surface area (Å²) in [5.41, 5.74) is 2.19. The molecule has 0 unspecified atom stereocenters. The number of anilines is 1. The predicted octanol–water partition coefficient (Wildman–Crippen LogP) is 4.12. The molecule has 3 aromatic rings. The van der Waals surface area contributed by atoms with Crippen LogP contribution < -0.4 is 15.4 Å². The molecule has 1 amide bonds. The number of amides is 1. The number of carbonyl (C=O) groups excluding carboxylic acids is 2. The molecule has 0 fully saturated rings. The van der Waals surface area contributed by atoms with Crippen molar-refractivity contribution < 1.29 is 14.3 Å². The van der Waals surface area contributed by atoms with Crippen LogP contribution in [-0.2, 0) is 0 Å². The summed E-state index contributed by atoms with van der Waals surface area (Å²) in [4.78, 5) is 26.1. The number of carbonyl (C=O) groups is 2. The van der Waals surface area contributed by atoms with E-state index in [-0.39, 0.29) is 11.7 Å². The molecule has 27 heavy (non-hydrogen) atoms. The fourth-order valence-corrected chi connectivity index (χ4v) is 3.21. The Labute approximate surface area is 162 Å². The maximum atomic E-state index is 13.1. The maximum Gasteiger partial charge on any atom is 0.263 e. The van der Waals surface area contributed by atoms with E-state index in [9.17, 15) is 9.59 Å². The van der Waals surface area contributed by atoms with Gasteiger partial charge in [0.1, 0.15) is 5.75 Å². The van der Waals surface area contributed by atoms with Gasteiger partial charge in [0.05, 0.1) is 17.7 Å². The van der Waals surface area contributed by atoms with E-state index in [1.807, 2.05) is 36.6 Å². The molecule has 0 saturated carbocycles. The summed E-state index contributed by atoms with van der Waals surface area (Å²) in [6.07, 6.45) is -0.932. The number of para-hydroxylation sites is 2. The van der Waals surface area contributed by atoms with Gasteiger partial charge in [-0.2, -0.15) is 0 Å². The van der Waals surface area contributed by atoms with E-state index < -0.39 is 6.17 Å². The highest BCUT2D eigenvalue weighted by Gasteiger charge is 2.24. The van der Waals surface area contributed by atoms with Crippen molar-refractivity contribution in [3.05, 3.63) is 82.0 Å². The lowest BCUT2D eigenvalue weighted by Gasteiger charge is -2.21. The Bertz CT molecular complexity index is 921. The Morgan fingerprint density at radius 2 is 1.74 bits per heavy atom. The molecule has 1 heterocycles. The SMILES string of the molecule is COc1ccccc1N[C@H](NC(=O)c1cccs1)C(=O)c1ccc(C)cc1. The first-order chi connectivity index (χ1) is 13.1. The molecule has 0 saturated heterocycles. The maximum absolute atomic E-state index is 13.1. The zero-order valence-corrected chi connectivity index (χ0v) is 15.9. The second-order valence-electron chi connectivity index (χ2n) is 5.96. The zero-order valence-electron chi connectivity index (χ0n) is 15.1. The molecule has 3 rings (SSSR count). The minimum Gasteiger partial charge on any atom is -0.495 e. The third-order valence-corrected chi connectivity index (χ3v) is 4.89. The van der Waals surface area contributed by atoms with Crippen molar-refractivity contribution in [2.24, 2.45) is 0 Å². The van der Waals surface area contributed by atoms with Gasteiger partial charge in [0.2, 0.25) is 5.78 Å². The van der Waals surface area contributed by atoms with Gasteiger partial charge in [-0.1, -0.05) is 48.0 Å². The molecule has 5 nitrogen and oxygen atoms in total. The third kappa shape index (κ3) is 4.54. The van der Waals surface area contributed by atoms with Crippen LogP contribution in [0.1, 0.15) is 25.6 Å². The molecule has 0 aliphatic rings. The van der Waals surface area contributed by atoms with Crippen LogP contribution in [0.15, 0.2) is 66.0 Å². The number of aryl methyl sites for hydroxylation is 1. The minimum absolute atomic E-state index is 0.231. The van der Waals surface area contributed by atoms with E-state index in [4.69, 9.17) is 4.74 Å². The second-order valence-corrected chi connectivity index (χ2v) is 6.91. The van der Waals surface area contributed by atoms with Crippen LogP contribution in [0.4, 0.5) is 5.69 Å². The Hall–Kier alpha value is -3.12. The molecule has 0 radical (unpaired) electrons. The minimum atomic E-state index is -0.932. The van der Waals surface area contributed by atoms with Crippen molar-refractivity contribution in [3.63, 3.8) is 0 Å². The fraction of sp³-hybridized carbons (Fsp3) is 0.143. The van der Waals surface area contributed by atoms with E-state index in [0.29, 0.717) is 21.9 Å². The molecule has 6 heteroatoms. The molecule has 1 aromatic heterocycles. The predicted molar refractivity (Wildman–Crippen MR) is 108 cm³/mol. The topological polar surface area (TPSA) is 67.4 Å². The summed E-state index contributed by atoms with van der Waals surface area (Å²) in [5.74, 6) is 0.0493. The van der Waals surface area contributed by atoms with Gasteiger partial charge in [0, 0.05) is 5.56 Å². The largest absolute Gasteiger partial charge is 0.495 e. The van der Waals surface area contributed by atoms with E-state index in [1.54, 1.807) is 43.5 Å². The summed E-state index contributed by atoms with van der Waals surface area (Å²) in [6.45, 7) is 1.96. The molecule has 1 atom stereocenters. The highest BCUT2D eigenvalue weighted by molar-refractivity contribution is 7.12. The smallest absolute Gasteiger partial charge is 0.263 e. The van der Waals surface area contributed by atoms with Crippen molar-refractivity contribution in [1.82, 2.24) is 5.32 Å². The summed E-state index contributed by atoms with van der Waals surface area (Å²) in [7, 11) is 1.56. The van der Waals surface area contributed by atoms with Crippen LogP contribution in [-0.4, -0.2) is 25.0 Å². The average molecular weight is 380 g/mol. The zero-order chi connectivity index (χ0) is 19.2. The third-order valence-electron chi connectivity index (χ3n) is 4.03. The van der Waals surface area contributed by atoms with Gasteiger partial charge in [0.25, 0.3) is 5.91 Å². The van der Waals surface area contributed by atoms with Gasteiger partial charge in [-0.15, -0.1) is 11.3 Å². The Morgan fingerprint density at radius 1 is 1.00 bits per heavy atom. The number of thiophene rings is 1. The lowest BCUT2D eigenvalue weighted by molar-refractivity contribution is 0.0871. The van der Waals surface area contributed by atoms with E-state index in [1.165, 1.54) is 11.3 Å². The van der Waals surface area contributed by atoms with Crippen LogP contribution in [0.5, 0.6) is 5.75 Å². The van der Waals surface area contributed by atoms with Crippen LogP contribution >= 0.6 is 11.3 Å². The quantitative estimate of drug-likeness (QED) is 0.478. The van der Waals surface area contributed by atoms with Crippen LogP contribution in [0.3, 0.4) is 0 Å². The standard InChI is InChI=1S/C21H20N2O3S/c1-14-9-11-15(12-10-14)19(24)20(23-21(25)18-8-5-13-27-18)22-16-6-3-4-7-17(16)26-2/h3-13,20,22H,1-2H3,(H,23,25)/t20-/m1/s1. The summed E-state index contributed by atoms with van der Waals surface area (Å²) < 4.78 is 5.34. The second kappa shape index (κ2) is 8.51. The lowest BCUT2D eigenvalue weighted by Crippen LogP contribution is -2.46. The molecular weight excluding hydrogens is 360 g/mol. The summed E-state index contributed by atoms with van der Waals surface area (Å²) in [5, 5.41) is 7.71. The van der Waals surface area contributed by atoms with Crippen molar-refractivity contribution >= 4 is 28.7 Å². The van der Waals surface area contributed by atoms with Gasteiger partial charge < -0.3 is 15.4 Å². The first-order valence-corrected chi connectivity index (χ1v) is 9.31. The molecule has 138 valence electrons. The first-order valence-electron chi connectivity index (χ1n) is 8.43. The van der Waals surface area contributed by atoms with Crippen molar-refractivity contribution in [2.45, 2.75) is 13.1 Å². The van der Waals surface area contributed by atoms with Gasteiger partial charge >= 0.3 is 0 Å². The molecular formula is C21H20N2O3S. The Kier molecular flexibility index (Phi) is 5.88. The number of hydrogen-bond acceptors (Lipinski definition) is 5. The number of rotatable bonds is 7. The normalized spacial score (nSPS) is 11.5. The number of methoxy groups -OCH3 is 1. The van der Waals surface area contributed by atoms with E-state index in [0.717, 1.165) is 5.56 Å². The van der Waals surface area contributed by atoms with Gasteiger partial charge in [0.15, 0.2) is 6.17 Å². The molecule has 0 aliphatic carbocycles. The number of nitrogens with one attached hydrogen (secondary N) is 2. The fourth-order valence-electron chi connectivity index (χ4n) is 2.58. The number of hydrogen-bond donors (Lipinski definition) is 2. The van der Waals surface area contributed by atoms with Crippen LogP contribution in [0.25, 0.3) is 0 Å². The van der Waals surface area contributed by atoms with Gasteiger partial charge in [-0.25, -0.2) is 0 Å². The van der Waals surface area contributed by atoms with E-state index >= 15 is 0 Å². The Balaban J connectivity index is 1.89. The molecule has 0 spiro atoms. The van der Waals surface area contributed by atoms with Crippen molar-refractivity contribution in [3.8, 4) is 5.75 Å². The lowest BCUT2D eigenvalue weighted by atomic mass is 10.1. The molecule has 2 N–H and O–H groups in total. The van der Waals surface area contributed by atoms with Crippen LogP contribution in [0.2, 0.25) is 0 Å². The highest BCUT2D eigenvalue weighted by Crippen LogP contribution is 2.24. The number of ketones is 1. The average Bonchev–Trinajstić information content (AvgIpc) is 3.23. The van der Waals surface area contributed by atoms with Crippen molar-refractivity contribution in [1.29, 1.82) is 0 Å². The Morgan fingerprint density at radius 3 is 2.41 bits per heavy atom. The highest BCUT2D eigenvalue weighted by atomic mass is 32.1. The first kappa shape index (κ1) is 18.7. The van der Waals surface area contributed by atoms with Crippen LogP contribution in [0, 0.1) is 6.92 Å². The monoisotopic (exact) mass is 380 g/mol. The summed E-state index contributed by atoms with van der Waals surface area (Å²) in [6, 6.07) is 18.0. The number of benzene rings is 2. The van der Waals surface area contributed by atoms with E-state index in [2.05, 4.69) is 10.6 Å². The van der Waals surface area contributed by atoms with Gasteiger partial charge in [-0.3, -0.25) is 9.59 Å². The van der Waals surface area contributed by atoms with Crippen molar-refractivity contribution in [2.75, 3.05) is 12.4 Å². The number of ether oxygens (including phenoxy) is 1. The molecule has 2 aromatic carbocycles. The molecule has 0 bridgehead atoms. The van der Waals surface area contributed by atoms with Gasteiger partial charge in [-0.05, 0) is 30.5 Å². The number of Topliss-reactive ketones (excluding diaryl/α,β-unsaturated/α-hetero) is 1. The molecule has 0 aliphatic heterocycles. The summed E-state index contributed by atoms with van der Waals surface area (Å²) >= 11 is 1.32.